The first-order valence-corrected chi connectivity index (χ1v) is 10.1. The van der Waals surface area contributed by atoms with Gasteiger partial charge in [-0.1, -0.05) is 28.9 Å². The molecule has 0 fully saturated rings. The summed E-state index contributed by atoms with van der Waals surface area (Å²) in [6, 6.07) is 9.73. The Labute approximate surface area is 175 Å². The van der Waals surface area contributed by atoms with E-state index >= 15 is 0 Å². The van der Waals surface area contributed by atoms with E-state index in [2.05, 4.69) is 52.6 Å². The van der Waals surface area contributed by atoms with Crippen LogP contribution in [-0.4, -0.2) is 25.8 Å². The third kappa shape index (κ3) is 3.58. The normalized spacial score (nSPS) is 12.3. The van der Waals surface area contributed by atoms with E-state index in [1.807, 2.05) is 37.7 Å². The molecule has 0 saturated carbocycles. The zero-order valence-electron chi connectivity index (χ0n) is 17.9. The highest BCUT2D eigenvalue weighted by Gasteiger charge is 2.22. The van der Waals surface area contributed by atoms with Crippen molar-refractivity contribution in [3.05, 3.63) is 64.5 Å². The number of rotatable bonds is 5. The van der Waals surface area contributed by atoms with E-state index in [0.717, 1.165) is 17.7 Å². The summed E-state index contributed by atoms with van der Waals surface area (Å²) in [5.74, 6) is -0.197. The van der Waals surface area contributed by atoms with Crippen molar-refractivity contribution in [2.24, 2.45) is 0 Å². The smallest absolute Gasteiger partial charge is 0.259 e. The first-order chi connectivity index (χ1) is 14.4. The van der Waals surface area contributed by atoms with E-state index in [9.17, 15) is 4.79 Å². The fourth-order valence-corrected chi connectivity index (χ4v) is 3.74. The van der Waals surface area contributed by atoms with E-state index in [1.54, 1.807) is 6.07 Å². The van der Waals surface area contributed by atoms with Crippen molar-refractivity contribution in [3.63, 3.8) is 0 Å². The van der Waals surface area contributed by atoms with Crippen LogP contribution < -0.4 is 5.32 Å². The molecule has 30 heavy (non-hydrogen) atoms. The SMILES string of the molecule is CCn1ccc(-c2cc(C(=O)N[C@@H](C)c3ccc(C)cc3C)c3c(C)noc3n2)n1. The number of fused-ring (bicyclic) bond motifs is 1. The molecule has 0 unspecified atom stereocenters. The van der Waals surface area contributed by atoms with Crippen LogP contribution in [0.4, 0.5) is 0 Å². The lowest BCUT2D eigenvalue weighted by atomic mass is 9.99. The predicted octanol–water partition coefficient (Wildman–Crippen LogP) is 4.52. The van der Waals surface area contributed by atoms with Crippen molar-refractivity contribution >= 4 is 17.0 Å². The van der Waals surface area contributed by atoms with E-state index in [1.165, 1.54) is 5.56 Å². The van der Waals surface area contributed by atoms with Gasteiger partial charge in [-0.3, -0.25) is 9.48 Å². The maximum absolute atomic E-state index is 13.3. The number of aromatic nitrogens is 4. The first-order valence-electron chi connectivity index (χ1n) is 10.1. The molecular formula is C23H25N5O2. The van der Waals surface area contributed by atoms with Crippen LogP contribution >= 0.6 is 0 Å². The Bertz CT molecular complexity index is 1240. The summed E-state index contributed by atoms with van der Waals surface area (Å²) < 4.78 is 7.20. The van der Waals surface area contributed by atoms with Gasteiger partial charge in [0.25, 0.3) is 11.6 Å². The van der Waals surface area contributed by atoms with E-state index < -0.39 is 0 Å². The quantitative estimate of drug-likeness (QED) is 0.529. The maximum atomic E-state index is 13.3. The summed E-state index contributed by atoms with van der Waals surface area (Å²) in [4.78, 5) is 17.8. The summed E-state index contributed by atoms with van der Waals surface area (Å²) in [6.07, 6.45) is 1.88. The van der Waals surface area contributed by atoms with Gasteiger partial charge in [0, 0.05) is 12.7 Å². The van der Waals surface area contributed by atoms with Gasteiger partial charge in [0.1, 0.15) is 5.69 Å². The minimum Gasteiger partial charge on any atom is -0.345 e. The second kappa shape index (κ2) is 7.74. The molecule has 0 aliphatic heterocycles. The first kappa shape index (κ1) is 19.8. The van der Waals surface area contributed by atoms with E-state index in [4.69, 9.17) is 4.52 Å². The Hall–Kier alpha value is -3.48. The predicted molar refractivity (Wildman–Crippen MR) is 115 cm³/mol. The van der Waals surface area contributed by atoms with Crippen LogP contribution in [-0.2, 0) is 6.54 Å². The van der Waals surface area contributed by atoms with Crippen LogP contribution in [0.3, 0.4) is 0 Å². The molecule has 0 aliphatic carbocycles. The number of aryl methyl sites for hydroxylation is 4. The summed E-state index contributed by atoms with van der Waals surface area (Å²) in [7, 11) is 0. The Morgan fingerprint density at radius 2 is 1.97 bits per heavy atom. The summed E-state index contributed by atoms with van der Waals surface area (Å²) in [6.45, 7) is 10.7. The number of carbonyl (C=O) groups excluding carboxylic acids is 1. The van der Waals surface area contributed by atoms with Crippen molar-refractivity contribution in [1.29, 1.82) is 0 Å². The number of nitrogens with one attached hydrogen (secondary N) is 1. The third-order valence-corrected chi connectivity index (χ3v) is 5.33. The topological polar surface area (TPSA) is 85.8 Å². The molecule has 0 saturated heterocycles. The number of nitrogens with zero attached hydrogens (tertiary/aromatic N) is 4. The van der Waals surface area contributed by atoms with Crippen LogP contribution in [0.2, 0.25) is 0 Å². The standard InChI is InChI=1S/C23H25N5O2/c1-6-28-10-9-19(26-28)20-12-18(21-16(5)27-30-23(21)25-20)22(29)24-15(4)17-8-7-13(2)11-14(17)3/h7-12,15H,6H2,1-5H3,(H,24,29)/t15-/m0/s1. The van der Waals surface area contributed by atoms with Gasteiger partial charge >= 0.3 is 0 Å². The lowest BCUT2D eigenvalue weighted by Gasteiger charge is -2.17. The van der Waals surface area contributed by atoms with Crippen molar-refractivity contribution in [2.75, 3.05) is 0 Å². The van der Waals surface area contributed by atoms with Gasteiger partial charge < -0.3 is 9.84 Å². The minimum atomic E-state index is -0.197. The second-order valence-corrected chi connectivity index (χ2v) is 7.62. The maximum Gasteiger partial charge on any atom is 0.259 e. The number of amides is 1. The minimum absolute atomic E-state index is 0.149. The molecule has 1 N–H and O–H groups in total. The van der Waals surface area contributed by atoms with E-state index in [-0.39, 0.29) is 11.9 Å². The summed E-state index contributed by atoms with van der Waals surface area (Å²) >= 11 is 0. The highest BCUT2D eigenvalue weighted by molar-refractivity contribution is 6.07. The molecule has 3 aromatic heterocycles. The molecular weight excluding hydrogens is 378 g/mol. The Morgan fingerprint density at radius 3 is 2.67 bits per heavy atom. The Balaban J connectivity index is 1.73. The van der Waals surface area contributed by atoms with Crippen LogP contribution in [0.15, 0.2) is 41.1 Å². The van der Waals surface area contributed by atoms with Crippen LogP contribution in [0.1, 0.15) is 52.6 Å². The van der Waals surface area contributed by atoms with Gasteiger partial charge in [0.15, 0.2) is 0 Å². The number of hydrogen-bond donors (Lipinski definition) is 1. The summed E-state index contributed by atoms with van der Waals surface area (Å²) in [5, 5.41) is 12.3. The summed E-state index contributed by atoms with van der Waals surface area (Å²) in [5.41, 5.74) is 6.14. The lowest BCUT2D eigenvalue weighted by molar-refractivity contribution is 0.0941. The fourth-order valence-electron chi connectivity index (χ4n) is 3.74. The zero-order valence-corrected chi connectivity index (χ0v) is 17.9. The van der Waals surface area contributed by atoms with Gasteiger partial charge in [-0.05, 0) is 57.9 Å². The molecule has 0 spiro atoms. The number of pyridine rings is 1. The average molecular weight is 403 g/mol. The molecule has 1 amide bonds. The number of hydrogen-bond acceptors (Lipinski definition) is 5. The molecule has 3 heterocycles. The molecule has 0 aliphatic rings. The third-order valence-electron chi connectivity index (χ3n) is 5.33. The molecule has 0 radical (unpaired) electrons. The molecule has 154 valence electrons. The van der Waals surface area contributed by atoms with Crippen molar-refractivity contribution in [2.45, 2.75) is 47.2 Å². The molecule has 4 rings (SSSR count). The highest BCUT2D eigenvalue weighted by Crippen LogP contribution is 2.27. The van der Waals surface area contributed by atoms with Crippen molar-refractivity contribution in [1.82, 2.24) is 25.2 Å². The Morgan fingerprint density at radius 1 is 1.17 bits per heavy atom. The largest absolute Gasteiger partial charge is 0.345 e. The second-order valence-electron chi connectivity index (χ2n) is 7.62. The highest BCUT2D eigenvalue weighted by atomic mass is 16.5. The van der Waals surface area contributed by atoms with Gasteiger partial charge in [-0.2, -0.15) is 5.10 Å². The van der Waals surface area contributed by atoms with Gasteiger partial charge in [0.2, 0.25) is 0 Å². The monoisotopic (exact) mass is 403 g/mol. The average Bonchev–Trinajstić information content (AvgIpc) is 3.34. The van der Waals surface area contributed by atoms with Crippen molar-refractivity contribution in [3.8, 4) is 11.4 Å². The number of carbonyl (C=O) groups is 1. The van der Waals surface area contributed by atoms with Gasteiger partial charge in [-0.15, -0.1) is 0 Å². The van der Waals surface area contributed by atoms with Crippen LogP contribution in [0.5, 0.6) is 0 Å². The van der Waals surface area contributed by atoms with Crippen LogP contribution in [0.25, 0.3) is 22.5 Å². The zero-order chi connectivity index (χ0) is 21.4. The Kier molecular flexibility index (Phi) is 5.11. The lowest BCUT2D eigenvalue weighted by Crippen LogP contribution is -2.27. The van der Waals surface area contributed by atoms with Crippen molar-refractivity contribution < 1.29 is 9.32 Å². The number of benzene rings is 1. The molecule has 0 bridgehead atoms. The molecule has 7 heteroatoms. The molecule has 1 atom stereocenters. The van der Waals surface area contributed by atoms with E-state index in [0.29, 0.717) is 33.7 Å². The van der Waals surface area contributed by atoms with Gasteiger partial charge in [-0.25, -0.2) is 4.98 Å². The van der Waals surface area contributed by atoms with Crippen LogP contribution in [0, 0.1) is 20.8 Å². The molecule has 4 aromatic rings. The molecule has 1 aromatic carbocycles. The fraction of sp³-hybridized carbons (Fsp3) is 0.304. The molecule has 7 nitrogen and oxygen atoms in total. The van der Waals surface area contributed by atoms with Gasteiger partial charge in [0.05, 0.1) is 28.4 Å².